The molecule has 1 saturated heterocycles. The standard InChI is InChI=1S/C18H23N5O3/c1-3-15-20-21-16(26-15)12-22(4-2)18(25)14-8-17(24)23(11-14)10-13-6-5-7-19-9-13/h5-7,9,14H,3-4,8,10-12H2,1-2H3. The van der Waals surface area contributed by atoms with E-state index in [-0.39, 0.29) is 30.7 Å². The molecule has 3 heterocycles. The van der Waals surface area contributed by atoms with Gasteiger partial charge in [0.05, 0.1) is 12.5 Å². The highest BCUT2D eigenvalue weighted by Crippen LogP contribution is 2.22. The molecule has 0 N–H and O–H groups in total. The van der Waals surface area contributed by atoms with Crippen LogP contribution in [0.25, 0.3) is 0 Å². The molecule has 1 atom stereocenters. The lowest BCUT2D eigenvalue weighted by molar-refractivity contribution is -0.136. The maximum absolute atomic E-state index is 12.8. The first-order valence-corrected chi connectivity index (χ1v) is 8.87. The van der Waals surface area contributed by atoms with Gasteiger partial charge in [0.15, 0.2) is 0 Å². The summed E-state index contributed by atoms with van der Waals surface area (Å²) in [6.07, 6.45) is 4.33. The monoisotopic (exact) mass is 357 g/mol. The highest BCUT2D eigenvalue weighted by molar-refractivity contribution is 5.89. The second-order valence-electron chi connectivity index (χ2n) is 6.33. The second-order valence-corrected chi connectivity index (χ2v) is 6.33. The number of aryl methyl sites for hydroxylation is 1. The van der Waals surface area contributed by atoms with E-state index in [0.717, 1.165) is 5.56 Å². The van der Waals surface area contributed by atoms with E-state index >= 15 is 0 Å². The van der Waals surface area contributed by atoms with Crippen LogP contribution in [-0.4, -0.2) is 49.9 Å². The van der Waals surface area contributed by atoms with Crippen LogP contribution in [0.2, 0.25) is 0 Å². The van der Waals surface area contributed by atoms with Crippen LogP contribution >= 0.6 is 0 Å². The van der Waals surface area contributed by atoms with Crippen LogP contribution in [0.15, 0.2) is 28.9 Å². The zero-order valence-corrected chi connectivity index (χ0v) is 15.1. The predicted molar refractivity (Wildman–Crippen MR) is 92.5 cm³/mol. The number of likely N-dealkylation sites (tertiary alicyclic amines) is 1. The summed E-state index contributed by atoms with van der Waals surface area (Å²) in [5, 5.41) is 7.90. The number of carbonyl (C=O) groups excluding carboxylic acids is 2. The van der Waals surface area contributed by atoms with Crippen LogP contribution in [0.5, 0.6) is 0 Å². The Morgan fingerprint density at radius 1 is 1.35 bits per heavy atom. The smallest absolute Gasteiger partial charge is 0.235 e. The molecule has 1 unspecified atom stereocenters. The first kappa shape index (κ1) is 18.0. The molecule has 0 saturated carbocycles. The van der Waals surface area contributed by atoms with Crippen molar-refractivity contribution >= 4 is 11.8 Å². The highest BCUT2D eigenvalue weighted by atomic mass is 16.4. The Kier molecular flexibility index (Phi) is 5.60. The summed E-state index contributed by atoms with van der Waals surface area (Å²) in [7, 11) is 0. The quantitative estimate of drug-likeness (QED) is 0.744. The molecule has 8 heteroatoms. The zero-order valence-electron chi connectivity index (χ0n) is 15.1. The molecule has 8 nitrogen and oxygen atoms in total. The van der Waals surface area contributed by atoms with Gasteiger partial charge in [-0.2, -0.15) is 0 Å². The summed E-state index contributed by atoms with van der Waals surface area (Å²) < 4.78 is 5.50. The molecular formula is C18H23N5O3. The van der Waals surface area contributed by atoms with Crippen molar-refractivity contribution < 1.29 is 14.0 Å². The molecule has 2 amide bonds. The topological polar surface area (TPSA) is 92.4 Å². The van der Waals surface area contributed by atoms with Gasteiger partial charge in [-0.3, -0.25) is 14.6 Å². The second kappa shape index (κ2) is 8.07. The molecule has 0 radical (unpaired) electrons. The summed E-state index contributed by atoms with van der Waals surface area (Å²) in [4.78, 5) is 32.6. The molecule has 2 aromatic rings. The van der Waals surface area contributed by atoms with Gasteiger partial charge < -0.3 is 14.2 Å². The average molecular weight is 357 g/mol. The maximum atomic E-state index is 12.8. The van der Waals surface area contributed by atoms with E-state index in [1.54, 1.807) is 22.2 Å². The van der Waals surface area contributed by atoms with Crippen molar-refractivity contribution in [3.05, 3.63) is 41.9 Å². The minimum atomic E-state index is -0.340. The highest BCUT2D eigenvalue weighted by Gasteiger charge is 2.36. The molecule has 138 valence electrons. The summed E-state index contributed by atoms with van der Waals surface area (Å²) in [5.41, 5.74) is 0.958. The fourth-order valence-corrected chi connectivity index (χ4v) is 3.06. The SMILES string of the molecule is CCc1nnc(CN(CC)C(=O)C2CC(=O)N(Cc3cccnc3)C2)o1. The zero-order chi connectivity index (χ0) is 18.5. The van der Waals surface area contributed by atoms with Crippen LogP contribution in [-0.2, 0) is 29.1 Å². The number of rotatable bonds is 7. The molecule has 0 spiro atoms. The number of carbonyl (C=O) groups is 2. The van der Waals surface area contributed by atoms with Crippen molar-refractivity contribution in [3.8, 4) is 0 Å². The van der Waals surface area contributed by atoms with Crippen LogP contribution in [0.4, 0.5) is 0 Å². The molecule has 3 rings (SSSR count). The summed E-state index contributed by atoms with van der Waals surface area (Å²) in [6, 6.07) is 3.76. The molecule has 0 bridgehead atoms. The predicted octanol–water partition coefficient (Wildman–Crippen LogP) is 1.42. The molecular weight excluding hydrogens is 334 g/mol. The van der Waals surface area contributed by atoms with Gasteiger partial charge in [0.2, 0.25) is 23.6 Å². The molecule has 2 aromatic heterocycles. The Bertz CT molecular complexity index is 761. The minimum Gasteiger partial charge on any atom is -0.423 e. The van der Waals surface area contributed by atoms with Crippen molar-refractivity contribution in [2.75, 3.05) is 13.1 Å². The van der Waals surface area contributed by atoms with Gasteiger partial charge in [0.1, 0.15) is 0 Å². The third-order valence-electron chi connectivity index (χ3n) is 4.49. The number of hydrogen-bond donors (Lipinski definition) is 0. The Morgan fingerprint density at radius 2 is 2.15 bits per heavy atom. The summed E-state index contributed by atoms with van der Waals surface area (Å²) in [6.45, 7) is 5.53. The third-order valence-corrected chi connectivity index (χ3v) is 4.49. The average Bonchev–Trinajstić information content (AvgIpc) is 3.27. The minimum absolute atomic E-state index is 0.00526. The number of aromatic nitrogens is 3. The van der Waals surface area contributed by atoms with Gasteiger partial charge in [-0.15, -0.1) is 10.2 Å². The van der Waals surface area contributed by atoms with Gasteiger partial charge in [-0.1, -0.05) is 13.0 Å². The molecule has 1 fully saturated rings. The molecule has 0 aliphatic carbocycles. The van der Waals surface area contributed by atoms with Crippen LogP contribution in [0.3, 0.4) is 0 Å². The first-order valence-electron chi connectivity index (χ1n) is 8.87. The van der Waals surface area contributed by atoms with E-state index in [2.05, 4.69) is 15.2 Å². The lowest BCUT2D eigenvalue weighted by atomic mass is 10.1. The van der Waals surface area contributed by atoms with E-state index in [4.69, 9.17) is 4.42 Å². The van der Waals surface area contributed by atoms with Crippen molar-refractivity contribution in [2.24, 2.45) is 5.92 Å². The van der Waals surface area contributed by atoms with Gasteiger partial charge in [-0.05, 0) is 18.6 Å². The fraction of sp³-hybridized carbons (Fsp3) is 0.500. The Hall–Kier alpha value is -2.77. The van der Waals surface area contributed by atoms with E-state index in [0.29, 0.717) is 37.8 Å². The third kappa shape index (κ3) is 4.07. The van der Waals surface area contributed by atoms with Gasteiger partial charge in [-0.25, -0.2) is 0 Å². The molecule has 1 aliphatic heterocycles. The van der Waals surface area contributed by atoms with E-state index < -0.39 is 0 Å². The molecule has 26 heavy (non-hydrogen) atoms. The van der Waals surface area contributed by atoms with Gasteiger partial charge in [0, 0.05) is 44.9 Å². The normalized spacial score (nSPS) is 16.9. The van der Waals surface area contributed by atoms with Gasteiger partial charge in [0.25, 0.3) is 0 Å². The Balaban J connectivity index is 1.62. The number of nitrogens with zero attached hydrogens (tertiary/aromatic N) is 5. The summed E-state index contributed by atoms with van der Waals surface area (Å²) in [5.74, 6) is 0.587. The van der Waals surface area contributed by atoms with E-state index in [1.807, 2.05) is 26.0 Å². The van der Waals surface area contributed by atoms with Crippen molar-refractivity contribution in [1.82, 2.24) is 25.0 Å². The van der Waals surface area contributed by atoms with Crippen molar-refractivity contribution in [2.45, 2.75) is 39.8 Å². The van der Waals surface area contributed by atoms with E-state index in [9.17, 15) is 9.59 Å². The van der Waals surface area contributed by atoms with E-state index in [1.165, 1.54) is 0 Å². The van der Waals surface area contributed by atoms with Crippen LogP contribution in [0, 0.1) is 5.92 Å². The van der Waals surface area contributed by atoms with Crippen molar-refractivity contribution in [1.29, 1.82) is 0 Å². The van der Waals surface area contributed by atoms with Crippen LogP contribution in [0.1, 0.15) is 37.6 Å². The number of hydrogen-bond acceptors (Lipinski definition) is 6. The number of amides is 2. The Labute approximate surface area is 152 Å². The van der Waals surface area contributed by atoms with Gasteiger partial charge >= 0.3 is 0 Å². The molecule has 1 aliphatic rings. The fourth-order valence-electron chi connectivity index (χ4n) is 3.06. The maximum Gasteiger partial charge on any atom is 0.235 e. The summed E-state index contributed by atoms with van der Waals surface area (Å²) >= 11 is 0. The van der Waals surface area contributed by atoms with Crippen LogP contribution < -0.4 is 0 Å². The largest absolute Gasteiger partial charge is 0.423 e. The number of pyridine rings is 1. The Morgan fingerprint density at radius 3 is 2.81 bits per heavy atom. The lowest BCUT2D eigenvalue weighted by Crippen LogP contribution is -2.37. The lowest BCUT2D eigenvalue weighted by Gasteiger charge is -2.22. The first-order chi connectivity index (χ1) is 12.6. The van der Waals surface area contributed by atoms with Crippen molar-refractivity contribution in [3.63, 3.8) is 0 Å². The molecule has 0 aromatic carbocycles.